The number of ether oxygens (including phenoxy) is 1. The number of aromatic nitrogens is 3. The number of anilines is 3. The molecule has 3 heterocycles. The van der Waals surface area contributed by atoms with Gasteiger partial charge in [-0.15, -0.1) is 0 Å². The van der Waals surface area contributed by atoms with Crippen LogP contribution in [0.15, 0.2) is 60.9 Å². The number of methoxy groups -OCH3 is 1. The van der Waals surface area contributed by atoms with Gasteiger partial charge in [0, 0.05) is 48.6 Å². The van der Waals surface area contributed by atoms with Crippen LogP contribution in [0.3, 0.4) is 0 Å². The van der Waals surface area contributed by atoms with Crippen LogP contribution in [0.4, 0.5) is 17.3 Å². The highest BCUT2D eigenvalue weighted by atomic mass is 16.5. The van der Waals surface area contributed by atoms with Gasteiger partial charge in [0.1, 0.15) is 5.75 Å². The van der Waals surface area contributed by atoms with Gasteiger partial charge in [0.05, 0.1) is 30.0 Å². The Morgan fingerprint density at radius 2 is 1.89 bits per heavy atom. The number of H-pyrrole nitrogens is 1. The second-order valence-corrected chi connectivity index (χ2v) is 9.52. The van der Waals surface area contributed by atoms with E-state index in [1.807, 2.05) is 18.5 Å². The van der Waals surface area contributed by atoms with Gasteiger partial charge in [-0.3, -0.25) is 0 Å². The van der Waals surface area contributed by atoms with Crippen molar-refractivity contribution in [1.82, 2.24) is 19.9 Å². The largest absolute Gasteiger partial charge is 0.494 e. The van der Waals surface area contributed by atoms with Crippen molar-refractivity contribution in [2.24, 2.45) is 0 Å². The molecule has 1 unspecified atom stereocenters. The molecular weight excluding hydrogens is 436 g/mol. The van der Waals surface area contributed by atoms with E-state index in [-0.39, 0.29) is 5.92 Å². The second kappa shape index (κ2) is 9.96. The molecule has 1 aliphatic rings. The first-order chi connectivity index (χ1) is 17.0. The van der Waals surface area contributed by atoms with Gasteiger partial charge in [-0.25, -0.2) is 9.97 Å². The van der Waals surface area contributed by atoms with Crippen LogP contribution < -0.4 is 15.0 Å². The van der Waals surface area contributed by atoms with E-state index in [4.69, 9.17) is 9.72 Å². The highest BCUT2D eigenvalue weighted by molar-refractivity contribution is 5.81. The van der Waals surface area contributed by atoms with Gasteiger partial charge >= 0.3 is 0 Å². The van der Waals surface area contributed by atoms with Crippen LogP contribution in [-0.2, 0) is 0 Å². The topological polar surface area (TPSA) is 69.3 Å². The molecule has 1 atom stereocenters. The molecule has 0 spiro atoms. The molecule has 0 amide bonds. The molecule has 0 aliphatic carbocycles. The number of nitrogens with zero attached hydrogens (tertiary/aromatic N) is 4. The number of hydrogen-bond acceptors (Lipinski definition) is 6. The first kappa shape index (κ1) is 23.2. The predicted molar refractivity (Wildman–Crippen MR) is 143 cm³/mol. The van der Waals surface area contributed by atoms with Crippen LogP contribution in [0.1, 0.15) is 36.8 Å². The van der Waals surface area contributed by atoms with Crippen molar-refractivity contribution >= 4 is 28.4 Å². The summed E-state index contributed by atoms with van der Waals surface area (Å²) in [6, 6.07) is 17.5. The van der Waals surface area contributed by atoms with Gasteiger partial charge in [0.25, 0.3) is 0 Å². The van der Waals surface area contributed by atoms with Crippen LogP contribution in [0, 0.1) is 0 Å². The summed E-state index contributed by atoms with van der Waals surface area (Å²) < 4.78 is 5.74. The first-order valence-electron chi connectivity index (χ1n) is 12.3. The molecule has 0 radical (unpaired) electrons. The number of hydrogen-bond donors (Lipinski definition) is 2. The molecule has 7 nitrogen and oxygen atoms in total. The molecule has 2 aromatic carbocycles. The molecule has 7 heteroatoms. The molecule has 5 rings (SSSR count). The third-order valence-electron chi connectivity index (χ3n) is 7.20. The molecule has 0 saturated carbocycles. The Bertz CT molecular complexity index is 1280. The molecule has 182 valence electrons. The van der Waals surface area contributed by atoms with E-state index in [0.717, 1.165) is 41.1 Å². The zero-order valence-electron chi connectivity index (χ0n) is 21.0. The van der Waals surface area contributed by atoms with Crippen LogP contribution in [-0.4, -0.2) is 60.2 Å². The van der Waals surface area contributed by atoms with Gasteiger partial charge in [0.15, 0.2) is 0 Å². The van der Waals surface area contributed by atoms with E-state index < -0.39 is 0 Å². The summed E-state index contributed by atoms with van der Waals surface area (Å²) in [5, 5.41) is 3.38. The average molecular weight is 471 g/mol. The molecule has 2 aromatic heterocycles. The van der Waals surface area contributed by atoms with Crippen molar-refractivity contribution in [1.29, 1.82) is 0 Å². The SMILES string of the molecule is COc1cc(N2CCC(N(C)C)CC2)ccc1Nc1ncc2[nH]cc(C(C)c3ccccc3)c2n1. The van der Waals surface area contributed by atoms with E-state index in [1.54, 1.807) is 7.11 Å². The van der Waals surface area contributed by atoms with Crippen molar-refractivity contribution in [3.63, 3.8) is 0 Å². The Morgan fingerprint density at radius 1 is 1.11 bits per heavy atom. The molecule has 0 bridgehead atoms. The van der Waals surface area contributed by atoms with Crippen LogP contribution in [0.5, 0.6) is 5.75 Å². The van der Waals surface area contributed by atoms with Gasteiger partial charge in [0.2, 0.25) is 5.95 Å². The highest BCUT2D eigenvalue weighted by Gasteiger charge is 2.22. The zero-order chi connectivity index (χ0) is 24.4. The van der Waals surface area contributed by atoms with E-state index in [0.29, 0.717) is 12.0 Å². The Morgan fingerprint density at radius 3 is 2.60 bits per heavy atom. The standard InChI is InChI=1S/C28H34N6O/c1-19(20-8-6-5-7-9-20)23-17-29-25-18-30-28(32-27(23)25)31-24-11-10-22(16-26(24)35-4)34-14-12-21(13-15-34)33(2)3/h5-11,16-19,21,29H,12-15H2,1-4H3,(H,30,31,32). The predicted octanol–water partition coefficient (Wildman–Crippen LogP) is 5.39. The number of fused-ring (bicyclic) bond motifs is 1. The van der Waals surface area contributed by atoms with Crippen molar-refractivity contribution in [3.8, 4) is 5.75 Å². The zero-order valence-corrected chi connectivity index (χ0v) is 21.0. The summed E-state index contributed by atoms with van der Waals surface area (Å²) in [6.07, 6.45) is 6.21. The lowest BCUT2D eigenvalue weighted by molar-refractivity contribution is 0.249. The van der Waals surface area contributed by atoms with Crippen LogP contribution >= 0.6 is 0 Å². The maximum absolute atomic E-state index is 5.74. The maximum Gasteiger partial charge on any atom is 0.227 e. The lowest BCUT2D eigenvalue weighted by Crippen LogP contribution is -2.41. The fraction of sp³-hybridized carbons (Fsp3) is 0.357. The van der Waals surface area contributed by atoms with Crippen molar-refractivity contribution in [2.45, 2.75) is 31.7 Å². The molecule has 35 heavy (non-hydrogen) atoms. The molecule has 4 aromatic rings. The monoisotopic (exact) mass is 470 g/mol. The van der Waals surface area contributed by atoms with Gasteiger partial charge in [-0.2, -0.15) is 0 Å². The molecule has 1 saturated heterocycles. The fourth-order valence-corrected chi connectivity index (χ4v) is 4.98. The summed E-state index contributed by atoms with van der Waals surface area (Å²) in [4.78, 5) is 17.5. The number of nitrogens with one attached hydrogen (secondary N) is 2. The Kier molecular flexibility index (Phi) is 6.59. The van der Waals surface area contributed by atoms with Gasteiger partial charge < -0.3 is 24.8 Å². The van der Waals surface area contributed by atoms with Crippen molar-refractivity contribution < 1.29 is 4.74 Å². The minimum Gasteiger partial charge on any atom is -0.494 e. The number of benzene rings is 2. The second-order valence-electron chi connectivity index (χ2n) is 9.52. The summed E-state index contributed by atoms with van der Waals surface area (Å²) in [5.41, 5.74) is 6.31. The number of rotatable bonds is 7. The van der Waals surface area contributed by atoms with Crippen LogP contribution in [0.25, 0.3) is 11.0 Å². The number of piperidine rings is 1. The third kappa shape index (κ3) is 4.82. The van der Waals surface area contributed by atoms with Gasteiger partial charge in [-0.05, 0) is 44.6 Å². The fourth-order valence-electron chi connectivity index (χ4n) is 4.98. The van der Waals surface area contributed by atoms with Crippen molar-refractivity contribution in [2.75, 3.05) is 44.5 Å². The van der Waals surface area contributed by atoms with E-state index in [2.05, 4.69) is 88.6 Å². The lowest BCUT2D eigenvalue weighted by Gasteiger charge is -2.36. The molecule has 1 aliphatic heterocycles. The smallest absolute Gasteiger partial charge is 0.227 e. The highest BCUT2D eigenvalue weighted by Crippen LogP contribution is 2.34. The van der Waals surface area contributed by atoms with E-state index in [1.165, 1.54) is 24.1 Å². The minimum absolute atomic E-state index is 0.221. The Labute approximate surface area is 207 Å². The Balaban J connectivity index is 1.37. The van der Waals surface area contributed by atoms with E-state index >= 15 is 0 Å². The summed E-state index contributed by atoms with van der Waals surface area (Å²) in [6.45, 7) is 4.30. The van der Waals surface area contributed by atoms with Crippen molar-refractivity contribution in [3.05, 3.63) is 72.1 Å². The lowest BCUT2D eigenvalue weighted by atomic mass is 9.94. The summed E-state index contributed by atoms with van der Waals surface area (Å²) >= 11 is 0. The maximum atomic E-state index is 5.74. The molecule has 1 fully saturated rings. The third-order valence-corrected chi connectivity index (χ3v) is 7.20. The quantitative estimate of drug-likeness (QED) is 0.377. The summed E-state index contributed by atoms with van der Waals surface area (Å²) in [7, 11) is 6.04. The van der Waals surface area contributed by atoms with E-state index in [9.17, 15) is 0 Å². The average Bonchev–Trinajstić information content (AvgIpc) is 3.32. The molecular formula is C28H34N6O. The summed E-state index contributed by atoms with van der Waals surface area (Å²) in [5.74, 6) is 1.56. The van der Waals surface area contributed by atoms with Gasteiger partial charge in [-0.1, -0.05) is 37.3 Å². The first-order valence-corrected chi connectivity index (χ1v) is 12.3. The minimum atomic E-state index is 0.221. The molecule has 2 N–H and O–H groups in total. The Hall–Kier alpha value is -3.58. The normalized spacial score (nSPS) is 15.5. The number of aromatic amines is 1. The van der Waals surface area contributed by atoms with Crippen LogP contribution in [0.2, 0.25) is 0 Å².